The van der Waals surface area contributed by atoms with Crippen LogP contribution in [0.5, 0.6) is 0 Å². The Morgan fingerprint density at radius 3 is 1.97 bits per heavy atom. The highest BCUT2D eigenvalue weighted by Crippen LogP contribution is 2.21. The average molecular weight is 423 g/mol. The second kappa shape index (κ2) is 8.71. The molecule has 0 saturated carbocycles. The Morgan fingerprint density at radius 2 is 1.40 bits per heavy atom. The molecule has 1 amide bonds. The summed E-state index contributed by atoms with van der Waals surface area (Å²) in [7, 11) is -3.72. The molecule has 0 heterocycles. The van der Waals surface area contributed by atoms with E-state index in [1.807, 2.05) is 32.0 Å². The van der Waals surface area contributed by atoms with Gasteiger partial charge in [-0.05, 0) is 85.0 Å². The minimum absolute atomic E-state index is 0.125. The number of sulfonamides is 1. The molecule has 156 valence electrons. The van der Waals surface area contributed by atoms with Crippen LogP contribution in [0.15, 0.2) is 71.6 Å². The van der Waals surface area contributed by atoms with E-state index in [4.69, 9.17) is 0 Å². The van der Waals surface area contributed by atoms with Gasteiger partial charge in [0.1, 0.15) is 0 Å². The number of anilines is 2. The number of aryl methyl sites for hydroxylation is 2. The second-order valence-electron chi connectivity index (χ2n) is 7.66. The molecule has 0 fully saturated rings. The minimum Gasteiger partial charge on any atom is -0.322 e. The van der Waals surface area contributed by atoms with Gasteiger partial charge in [-0.3, -0.25) is 9.52 Å². The van der Waals surface area contributed by atoms with Crippen molar-refractivity contribution in [3.8, 4) is 0 Å². The molecule has 0 aliphatic heterocycles. The summed E-state index contributed by atoms with van der Waals surface area (Å²) < 4.78 is 27.9. The topological polar surface area (TPSA) is 75.3 Å². The van der Waals surface area contributed by atoms with Crippen LogP contribution in [-0.2, 0) is 10.0 Å². The van der Waals surface area contributed by atoms with Crippen molar-refractivity contribution in [2.45, 2.75) is 38.5 Å². The van der Waals surface area contributed by atoms with E-state index < -0.39 is 10.0 Å². The summed E-state index contributed by atoms with van der Waals surface area (Å²) in [5.74, 6) is 0.156. The zero-order chi connectivity index (χ0) is 21.9. The fourth-order valence-electron chi connectivity index (χ4n) is 2.96. The van der Waals surface area contributed by atoms with E-state index in [0.29, 0.717) is 22.9 Å². The number of hydrogen-bond donors (Lipinski definition) is 2. The van der Waals surface area contributed by atoms with Gasteiger partial charge in [0.2, 0.25) is 0 Å². The number of carbonyl (C=O) groups excluding carboxylic acids is 1. The summed E-state index contributed by atoms with van der Waals surface area (Å²) in [6, 6.07) is 19.0. The molecular formula is C24H26N2O3S. The molecule has 0 radical (unpaired) electrons. The Balaban J connectivity index is 1.70. The predicted octanol–water partition coefficient (Wildman–Crippen LogP) is 5.48. The average Bonchev–Trinajstić information content (AvgIpc) is 2.71. The summed E-state index contributed by atoms with van der Waals surface area (Å²) in [6.45, 7) is 8.10. The van der Waals surface area contributed by atoms with E-state index in [1.54, 1.807) is 36.4 Å². The predicted molar refractivity (Wildman–Crippen MR) is 122 cm³/mol. The summed E-state index contributed by atoms with van der Waals surface area (Å²) in [6.07, 6.45) is 0. The van der Waals surface area contributed by atoms with Crippen molar-refractivity contribution in [3.05, 3.63) is 89.0 Å². The normalized spacial score (nSPS) is 11.4. The Labute approximate surface area is 178 Å². The van der Waals surface area contributed by atoms with Gasteiger partial charge in [0.25, 0.3) is 15.9 Å². The Morgan fingerprint density at radius 1 is 0.800 bits per heavy atom. The third-order valence-corrected chi connectivity index (χ3v) is 6.42. The first kappa shape index (κ1) is 21.6. The summed E-state index contributed by atoms with van der Waals surface area (Å²) in [5.41, 5.74) is 4.86. The van der Waals surface area contributed by atoms with Crippen LogP contribution < -0.4 is 10.0 Å². The van der Waals surface area contributed by atoms with Gasteiger partial charge in [-0.25, -0.2) is 8.42 Å². The third kappa shape index (κ3) is 5.07. The lowest BCUT2D eigenvalue weighted by Gasteiger charge is -2.11. The maximum atomic E-state index is 12.6. The molecule has 0 spiro atoms. The van der Waals surface area contributed by atoms with Crippen LogP contribution in [0.1, 0.15) is 46.8 Å². The fourth-order valence-corrected chi connectivity index (χ4v) is 4.01. The van der Waals surface area contributed by atoms with Crippen LogP contribution in [-0.4, -0.2) is 14.3 Å². The number of amides is 1. The smallest absolute Gasteiger partial charge is 0.261 e. The molecule has 3 aromatic carbocycles. The van der Waals surface area contributed by atoms with Crippen molar-refractivity contribution in [1.82, 2.24) is 0 Å². The molecule has 0 aliphatic rings. The van der Waals surface area contributed by atoms with E-state index in [2.05, 4.69) is 23.9 Å². The quantitative estimate of drug-likeness (QED) is 0.552. The molecule has 30 heavy (non-hydrogen) atoms. The first-order valence-corrected chi connectivity index (χ1v) is 11.3. The SMILES string of the molecule is Cc1ccc(NS(=O)(=O)c2ccc(NC(=O)c3ccc(C(C)C)cc3)cc2)cc1C. The highest BCUT2D eigenvalue weighted by atomic mass is 32.2. The van der Waals surface area contributed by atoms with E-state index >= 15 is 0 Å². The van der Waals surface area contributed by atoms with Gasteiger partial charge < -0.3 is 5.32 Å². The fraction of sp³-hybridized carbons (Fsp3) is 0.208. The lowest BCUT2D eigenvalue weighted by atomic mass is 10.0. The first-order valence-electron chi connectivity index (χ1n) is 9.77. The van der Waals surface area contributed by atoms with Crippen LogP contribution in [0.25, 0.3) is 0 Å². The number of carbonyl (C=O) groups is 1. The van der Waals surface area contributed by atoms with E-state index in [0.717, 1.165) is 16.7 Å². The highest BCUT2D eigenvalue weighted by molar-refractivity contribution is 7.92. The van der Waals surface area contributed by atoms with Crippen molar-refractivity contribution in [2.75, 3.05) is 10.0 Å². The lowest BCUT2D eigenvalue weighted by molar-refractivity contribution is 0.102. The molecule has 3 aromatic rings. The van der Waals surface area contributed by atoms with Crippen LogP contribution in [0.2, 0.25) is 0 Å². The van der Waals surface area contributed by atoms with Gasteiger partial charge in [-0.2, -0.15) is 0 Å². The van der Waals surface area contributed by atoms with Gasteiger partial charge in [0.05, 0.1) is 4.90 Å². The van der Waals surface area contributed by atoms with Crippen LogP contribution in [0.4, 0.5) is 11.4 Å². The zero-order valence-corrected chi connectivity index (χ0v) is 18.4. The van der Waals surface area contributed by atoms with Gasteiger partial charge in [0, 0.05) is 16.9 Å². The van der Waals surface area contributed by atoms with E-state index in [-0.39, 0.29) is 10.8 Å². The van der Waals surface area contributed by atoms with Crippen molar-refractivity contribution in [2.24, 2.45) is 0 Å². The van der Waals surface area contributed by atoms with Gasteiger partial charge in [-0.15, -0.1) is 0 Å². The standard InChI is InChI=1S/C24H26N2O3S/c1-16(2)19-6-8-20(9-7-19)24(27)25-21-11-13-23(14-12-21)30(28,29)26-22-10-5-17(3)18(4)15-22/h5-16,26H,1-4H3,(H,25,27). The molecule has 2 N–H and O–H groups in total. The van der Waals surface area contributed by atoms with E-state index in [9.17, 15) is 13.2 Å². The minimum atomic E-state index is -3.72. The Kier molecular flexibility index (Phi) is 6.27. The van der Waals surface area contributed by atoms with Crippen molar-refractivity contribution < 1.29 is 13.2 Å². The van der Waals surface area contributed by atoms with Gasteiger partial charge in [-0.1, -0.05) is 32.0 Å². The molecule has 0 unspecified atom stereocenters. The summed E-state index contributed by atoms with van der Waals surface area (Å²) in [4.78, 5) is 12.6. The molecule has 5 nitrogen and oxygen atoms in total. The number of benzene rings is 3. The molecule has 0 aliphatic carbocycles. The molecule has 6 heteroatoms. The monoisotopic (exact) mass is 422 g/mol. The second-order valence-corrected chi connectivity index (χ2v) is 9.34. The summed E-state index contributed by atoms with van der Waals surface area (Å²) >= 11 is 0. The van der Waals surface area contributed by atoms with Crippen LogP contribution >= 0.6 is 0 Å². The lowest BCUT2D eigenvalue weighted by Crippen LogP contribution is -2.14. The van der Waals surface area contributed by atoms with Crippen LogP contribution in [0.3, 0.4) is 0 Å². The van der Waals surface area contributed by atoms with Crippen molar-refractivity contribution >= 4 is 27.3 Å². The van der Waals surface area contributed by atoms with Gasteiger partial charge >= 0.3 is 0 Å². The maximum absolute atomic E-state index is 12.6. The first-order chi connectivity index (χ1) is 14.2. The molecule has 3 rings (SSSR count). The molecule has 0 saturated heterocycles. The Hall–Kier alpha value is -3.12. The summed E-state index contributed by atoms with van der Waals surface area (Å²) in [5, 5.41) is 2.79. The maximum Gasteiger partial charge on any atom is 0.261 e. The molecule has 0 atom stereocenters. The van der Waals surface area contributed by atoms with Crippen LogP contribution in [0, 0.1) is 13.8 Å². The van der Waals surface area contributed by atoms with Crippen molar-refractivity contribution in [1.29, 1.82) is 0 Å². The molecule has 0 aromatic heterocycles. The largest absolute Gasteiger partial charge is 0.322 e. The number of rotatable bonds is 6. The Bertz CT molecular complexity index is 1150. The number of hydrogen-bond acceptors (Lipinski definition) is 3. The molecular weight excluding hydrogens is 396 g/mol. The zero-order valence-electron chi connectivity index (χ0n) is 17.6. The van der Waals surface area contributed by atoms with Gasteiger partial charge in [0.15, 0.2) is 0 Å². The highest BCUT2D eigenvalue weighted by Gasteiger charge is 2.15. The number of nitrogens with one attached hydrogen (secondary N) is 2. The molecule has 0 bridgehead atoms. The van der Waals surface area contributed by atoms with E-state index in [1.165, 1.54) is 12.1 Å². The van der Waals surface area contributed by atoms with Crippen molar-refractivity contribution in [3.63, 3.8) is 0 Å². The third-order valence-electron chi connectivity index (χ3n) is 5.02.